The minimum Gasteiger partial charge on any atom is -0.492 e. The van der Waals surface area contributed by atoms with Gasteiger partial charge in [-0.2, -0.15) is 0 Å². The summed E-state index contributed by atoms with van der Waals surface area (Å²) in [5.74, 6) is -0.149. The van der Waals surface area contributed by atoms with E-state index in [9.17, 15) is 24.0 Å². The van der Waals surface area contributed by atoms with Crippen molar-refractivity contribution in [2.45, 2.75) is 50.1 Å². The van der Waals surface area contributed by atoms with E-state index in [1.54, 1.807) is 22.7 Å². The van der Waals surface area contributed by atoms with E-state index >= 15 is 0 Å². The Morgan fingerprint density at radius 2 is 1.80 bits per heavy atom. The SMILES string of the molecule is CN1C[C@H](Nc2nc3sccn3c(=O)c2Br)C[C@H](c2ccc(OCCN3CC4(CCN(c5cccc6c5C(=O)N(C5CCC(=O)NC5=O)C6=O)CC4)C3)cc2)C1. The summed E-state index contributed by atoms with van der Waals surface area (Å²) in [6.45, 7) is 6.82. The van der Waals surface area contributed by atoms with Gasteiger partial charge in [0.25, 0.3) is 17.4 Å². The normalized spacial score (nSPS) is 24.1. The van der Waals surface area contributed by atoms with Gasteiger partial charge in [0.15, 0.2) is 4.96 Å². The van der Waals surface area contributed by atoms with Gasteiger partial charge >= 0.3 is 0 Å². The van der Waals surface area contributed by atoms with Crippen molar-refractivity contribution < 1.29 is 23.9 Å². The number of ether oxygens (including phenoxy) is 1. The molecular weight excluding hydrogens is 800 g/mol. The number of benzene rings is 2. The first-order valence-corrected chi connectivity index (χ1v) is 20.9. The van der Waals surface area contributed by atoms with Crippen LogP contribution in [0.15, 0.2) is 63.3 Å². The van der Waals surface area contributed by atoms with Crippen LogP contribution in [0, 0.1) is 5.41 Å². The summed E-state index contributed by atoms with van der Waals surface area (Å²) in [6.07, 6.45) is 4.87. The lowest BCUT2D eigenvalue weighted by atomic mass is 9.72. The number of imide groups is 2. The zero-order valence-corrected chi connectivity index (χ0v) is 33.4. The highest BCUT2D eigenvalue weighted by Gasteiger charge is 2.48. The van der Waals surface area contributed by atoms with Gasteiger partial charge in [0.1, 0.15) is 28.7 Å². The largest absolute Gasteiger partial charge is 0.492 e. The summed E-state index contributed by atoms with van der Waals surface area (Å²) < 4.78 is 8.19. The molecule has 0 saturated carbocycles. The third-order valence-corrected chi connectivity index (χ3v) is 13.6. The molecule has 9 rings (SSSR count). The van der Waals surface area contributed by atoms with Crippen molar-refractivity contribution >= 4 is 67.4 Å². The number of piperidine rings is 3. The molecule has 56 heavy (non-hydrogen) atoms. The van der Waals surface area contributed by atoms with Crippen LogP contribution in [0.3, 0.4) is 0 Å². The number of likely N-dealkylation sites (N-methyl/N-ethyl adjacent to an activating group) is 1. The van der Waals surface area contributed by atoms with Gasteiger partial charge in [-0.25, -0.2) is 4.98 Å². The number of anilines is 2. The number of carbonyl (C=O) groups is 4. The van der Waals surface area contributed by atoms with Crippen LogP contribution >= 0.6 is 27.3 Å². The standard InChI is InChI=1S/C40H43BrN8O6S/c1-45-20-25(19-26(21-45)42-34-33(41)38(54)48-16-18-56-39(48)44-34)24-5-7-27(8-6-24)55-17-15-46-22-40(23-46)11-13-47(14-12-40)29-4-2-3-28-32(29)37(53)49(36(28)52)30-9-10-31(50)43-35(30)51/h2-8,16,18,25-26,30,42H,9-15,17,19-23H2,1H3,(H,43,50,51)/t25-,26+,30?/m0/s1. The maximum atomic E-state index is 13.6. The van der Waals surface area contributed by atoms with Crippen LogP contribution in [-0.2, 0) is 9.59 Å². The Balaban J connectivity index is 0.744. The number of hydrogen-bond donors (Lipinski definition) is 2. The molecule has 1 unspecified atom stereocenters. The Morgan fingerprint density at radius 1 is 1.02 bits per heavy atom. The minimum absolute atomic E-state index is 0.0952. The van der Waals surface area contributed by atoms with Gasteiger partial charge in [0, 0.05) is 69.9 Å². The van der Waals surface area contributed by atoms with Crippen LogP contribution in [0.4, 0.5) is 11.5 Å². The van der Waals surface area contributed by atoms with Gasteiger partial charge in [0.05, 0.1) is 16.8 Å². The fourth-order valence-electron chi connectivity index (χ4n) is 9.30. The van der Waals surface area contributed by atoms with Crippen molar-refractivity contribution in [3.8, 4) is 5.75 Å². The van der Waals surface area contributed by atoms with Crippen LogP contribution in [0.25, 0.3) is 4.96 Å². The smallest absolute Gasteiger partial charge is 0.275 e. The number of nitrogens with one attached hydrogen (secondary N) is 2. The predicted octanol–water partition coefficient (Wildman–Crippen LogP) is 3.80. The molecule has 0 radical (unpaired) electrons. The van der Waals surface area contributed by atoms with Crippen LogP contribution < -0.4 is 25.8 Å². The van der Waals surface area contributed by atoms with Crippen molar-refractivity contribution in [3.05, 3.63) is 85.6 Å². The summed E-state index contributed by atoms with van der Waals surface area (Å²) in [4.78, 5) is 77.3. The van der Waals surface area contributed by atoms with E-state index < -0.39 is 23.8 Å². The van der Waals surface area contributed by atoms with E-state index in [1.807, 2.05) is 11.4 Å². The first-order chi connectivity index (χ1) is 27.1. The van der Waals surface area contributed by atoms with Gasteiger partial charge in [0.2, 0.25) is 11.8 Å². The summed E-state index contributed by atoms with van der Waals surface area (Å²) in [6, 6.07) is 13.0. The Bertz CT molecular complexity index is 2280. The fraction of sp³-hybridized carbons (Fsp3) is 0.450. The average Bonchev–Trinajstić information content (AvgIpc) is 3.75. The van der Waals surface area contributed by atoms with Gasteiger partial charge in [-0.1, -0.05) is 18.2 Å². The third kappa shape index (κ3) is 6.79. The van der Waals surface area contributed by atoms with E-state index in [0.717, 1.165) is 81.4 Å². The molecule has 5 aliphatic rings. The van der Waals surface area contributed by atoms with Crippen molar-refractivity contribution in [3.63, 3.8) is 0 Å². The highest BCUT2D eigenvalue weighted by molar-refractivity contribution is 9.10. The number of carbonyl (C=O) groups excluding carboxylic acids is 4. The number of fused-ring (bicyclic) bond motifs is 2. The van der Waals surface area contributed by atoms with Gasteiger partial charge in [-0.15, -0.1) is 11.3 Å². The molecule has 3 atom stereocenters. The summed E-state index contributed by atoms with van der Waals surface area (Å²) in [7, 11) is 2.13. The first-order valence-electron chi connectivity index (χ1n) is 19.2. The van der Waals surface area contributed by atoms with Crippen molar-refractivity contribution in [2.75, 3.05) is 69.7 Å². The van der Waals surface area contributed by atoms with Gasteiger partial charge in [-0.3, -0.25) is 43.5 Å². The molecule has 14 nitrogen and oxygen atoms in total. The van der Waals surface area contributed by atoms with E-state index in [0.29, 0.717) is 38.9 Å². The molecule has 2 aromatic carbocycles. The van der Waals surface area contributed by atoms with Gasteiger partial charge in [-0.05, 0) is 89.8 Å². The fourth-order valence-corrected chi connectivity index (χ4v) is 10.4. The number of rotatable bonds is 9. The van der Waals surface area contributed by atoms with E-state index in [2.05, 4.69) is 72.6 Å². The lowest BCUT2D eigenvalue weighted by Gasteiger charge is -2.54. The van der Waals surface area contributed by atoms with Crippen molar-refractivity contribution in [2.24, 2.45) is 5.41 Å². The molecule has 2 aromatic heterocycles. The van der Waals surface area contributed by atoms with Crippen LogP contribution in [0.5, 0.6) is 5.75 Å². The second-order valence-electron chi connectivity index (χ2n) is 15.9. The van der Waals surface area contributed by atoms with E-state index in [1.165, 1.54) is 16.9 Å². The average molecular weight is 844 g/mol. The summed E-state index contributed by atoms with van der Waals surface area (Å²) in [5, 5.41) is 7.67. The Hall–Kier alpha value is -4.64. The highest BCUT2D eigenvalue weighted by Crippen LogP contribution is 2.43. The lowest BCUT2D eigenvalue weighted by molar-refractivity contribution is -0.136. The maximum Gasteiger partial charge on any atom is 0.275 e. The van der Waals surface area contributed by atoms with E-state index in [4.69, 9.17) is 9.72 Å². The zero-order valence-electron chi connectivity index (χ0n) is 31.0. The molecule has 4 aromatic rings. The maximum absolute atomic E-state index is 13.6. The second kappa shape index (κ2) is 14.7. The predicted molar refractivity (Wildman–Crippen MR) is 215 cm³/mol. The second-order valence-corrected chi connectivity index (χ2v) is 17.6. The molecule has 4 fully saturated rings. The molecule has 4 amide bonds. The number of thiazole rings is 1. The van der Waals surface area contributed by atoms with Crippen LogP contribution in [0.2, 0.25) is 0 Å². The van der Waals surface area contributed by atoms with E-state index in [-0.39, 0.29) is 35.8 Å². The number of nitrogens with zero attached hydrogens (tertiary/aromatic N) is 6. The Morgan fingerprint density at radius 3 is 2.57 bits per heavy atom. The Labute approximate surface area is 335 Å². The zero-order chi connectivity index (χ0) is 38.7. The molecule has 0 bridgehead atoms. The first kappa shape index (κ1) is 37.0. The quantitative estimate of drug-likeness (QED) is 0.237. The molecule has 2 N–H and O–H groups in total. The lowest BCUT2D eigenvalue weighted by Crippen LogP contribution is -2.61. The molecule has 292 valence electrons. The molecule has 1 spiro atoms. The van der Waals surface area contributed by atoms with Crippen LogP contribution in [-0.4, -0.2) is 119 Å². The summed E-state index contributed by atoms with van der Waals surface area (Å²) in [5.41, 5.74) is 2.80. The minimum atomic E-state index is -0.974. The molecule has 0 aliphatic carbocycles. The number of hydrogen-bond acceptors (Lipinski definition) is 12. The highest BCUT2D eigenvalue weighted by atomic mass is 79.9. The number of likely N-dealkylation sites (tertiary alicyclic amines) is 2. The third-order valence-electron chi connectivity index (χ3n) is 12.1. The Kier molecular flexibility index (Phi) is 9.70. The number of amides is 4. The molecule has 7 heterocycles. The topological polar surface area (TPSA) is 149 Å². The molecule has 4 saturated heterocycles. The van der Waals surface area contributed by atoms with Gasteiger partial charge < -0.3 is 19.9 Å². The van der Waals surface area contributed by atoms with Crippen molar-refractivity contribution in [1.29, 1.82) is 0 Å². The monoisotopic (exact) mass is 842 g/mol. The molecule has 5 aliphatic heterocycles. The van der Waals surface area contributed by atoms with Crippen molar-refractivity contribution in [1.82, 2.24) is 29.4 Å². The van der Waals surface area contributed by atoms with Crippen LogP contribution in [0.1, 0.15) is 64.3 Å². The summed E-state index contributed by atoms with van der Waals surface area (Å²) >= 11 is 4.91. The molecule has 16 heteroatoms. The number of aromatic nitrogens is 2. The number of halogens is 1. The molecular formula is C40H43BrN8O6S.